The van der Waals surface area contributed by atoms with Gasteiger partial charge in [0.25, 0.3) is 0 Å². The van der Waals surface area contributed by atoms with E-state index in [1.165, 1.54) is 0 Å². The van der Waals surface area contributed by atoms with Crippen LogP contribution in [0.15, 0.2) is 18.6 Å². The molecule has 0 spiro atoms. The van der Waals surface area contributed by atoms with E-state index in [9.17, 15) is 4.79 Å². The molecule has 140 valence electrons. The summed E-state index contributed by atoms with van der Waals surface area (Å²) in [6, 6.07) is 2.11. The molecule has 1 N–H and O–H groups in total. The molecule has 1 fully saturated rings. The van der Waals surface area contributed by atoms with Crippen molar-refractivity contribution in [1.82, 2.24) is 25.1 Å². The number of ether oxygens (including phenoxy) is 1. The first-order chi connectivity index (χ1) is 12.5. The van der Waals surface area contributed by atoms with Crippen molar-refractivity contribution < 1.29 is 9.53 Å². The molecular formula is C18H26N6O2. The number of aromatic nitrogens is 4. The zero-order valence-electron chi connectivity index (χ0n) is 15.8. The number of amides is 1. The Hall–Kier alpha value is -2.48. The van der Waals surface area contributed by atoms with Crippen molar-refractivity contribution in [2.45, 2.75) is 38.8 Å². The molecule has 0 bridgehead atoms. The second-order valence-electron chi connectivity index (χ2n) is 6.78. The van der Waals surface area contributed by atoms with Gasteiger partial charge in [-0.05, 0) is 20.3 Å². The molecule has 1 saturated heterocycles. The van der Waals surface area contributed by atoms with Gasteiger partial charge in [-0.15, -0.1) is 0 Å². The number of methoxy groups -OCH3 is 1. The molecule has 8 nitrogen and oxygen atoms in total. The normalized spacial score (nSPS) is 19.8. The molecule has 1 amide bonds. The summed E-state index contributed by atoms with van der Waals surface area (Å²) in [5.74, 6) is 0.875. The first-order valence-electron chi connectivity index (χ1n) is 8.80. The molecule has 26 heavy (non-hydrogen) atoms. The summed E-state index contributed by atoms with van der Waals surface area (Å²) in [5.41, 5.74) is 2.89. The molecule has 1 aliphatic heterocycles. The maximum atomic E-state index is 12.4. The molecule has 2 aromatic heterocycles. The van der Waals surface area contributed by atoms with Gasteiger partial charge in [0.2, 0.25) is 5.91 Å². The third-order valence-corrected chi connectivity index (χ3v) is 5.02. The van der Waals surface area contributed by atoms with Gasteiger partial charge < -0.3 is 15.0 Å². The van der Waals surface area contributed by atoms with E-state index in [0.29, 0.717) is 13.0 Å². The predicted octanol–water partition coefficient (Wildman–Crippen LogP) is 0.780. The zero-order valence-corrected chi connectivity index (χ0v) is 15.8. The highest BCUT2D eigenvalue weighted by atomic mass is 16.5. The fourth-order valence-corrected chi connectivity index (χ4v) is 3.30. The molecule has 0 radical (unpaired) electrons. The van der Waals surface area contributed by atoms with Gasteiger partial charge in [0.1, 0.15) is 12.1 Å². The number of aryl methyl sites for hydroxylation is 2. The highest BCUT2D eigenvalue weighted by Crippen LogP contribution is 2.25. The summed E-state index contributed by atoms with van der Waals surface area (Å²) in [6.45, 7) is 5.23. The minimum absolute atomic E-state index is 0.000727. The fourth-order valence-electron chi connectivity index (χ4n) is 3.30. The molecule has 2 atom stereocenters. The molecule has 2 aromatic rings. The van der Waals surface area contributed by atoms with Crippen LogP contribution in [0.5, 0.6) is 0 Å². The smallest absolute Gasteiger partial charge is 0.224 e. The van der Waals surface area contributed by atoms with Crippen molar-refractivity contribution in [2.75, 3.05) is 25.1 Å². The second kappa shape index (κ2) is 7.82. The fraction of sp³-hybridized carbons (Fsp3) is 0.556. The average Bonchev–Trinajstić information content (AvgIpc) is 3.18. The third-order valence-electron chi connectivity index (χ3n) is 5.02. The number of carbonyl (C=O) groups excluding carboxylic acids is 1. The number of carbonyl (C=O) groups is 1. The lowest BCUT2D eigenvalue weighted by atomic mass is 10.1. The molecule has 0 aliphatic carbocycles. The predicted molar refractivity (Wildman–Crippen MR) is 98.0 cm³/mol. The molecule has 8 heteroatoms. The highest BCUT2D eigenvalue weighted by Gasteiger charge is 2.33. The van der Waals surface area contributed by atoms with Gasteiger partial charge in [-0.3, -0.25) is 9.48 Å². The van der Waals surface area contributed by atoms with Crippen LogP contribution in [0.2, 0.25) is 0 Å². The molecule has 1 aliphatic rings. The maximum absolute atomic E-state index is 12.4. The van der Waals surface area contributed by atoms with E-state index in [0.717, 1.165) is 35.7 Å². The Morgan fingerprint density at radius 2 is 2.19 bits per heavy atom. The zero-order chi connectivity index (χ0) is 18.7. The van der Waals surface area contributed by atoms with Crippen molar-refractivity contribution in [3.8, 4) is 0 Å². The first-order valence-corrected chi connectivity index (χ1v) is 8.80. The van der Waals surface area contributed by atoms with E-state index in [1.54, 1.807) is 24.3 Å². The van der Waals surface area contributed by atoms with E-state index in [4.69, 9.17) is 4.74 Å². The van der Waals surface area contributed by atoms with Gasteiger partial charge in [0.15, 0.2) is 0 Å². The van der Waals surface area contributed by atoms with Crippen molar-refractivity contribution in [3.63, 3.8) is 0 Å². The summed E-state index contributed by atoms with van der Waals surface area (Å²) >= 11 is 0. The van der Waals surface area contributed by atoms with Crippen LogP contribution in [0.25, 0.3) is 0 Å². The summed E-state index contributed by atoms with van der Waals surface area (Å²) in [6.07, 6.45) is 4.65. The minimum atomic E-state index is 0.000727. The molecule has 0 aromatic carbocycles. The Kier molecular flexibility index (Phi) is 5.51. The molecule has 0 unspecified atom stereocenters. The van der Waals surface area contributed by atoms with Gasteiger partial charge in [-0.1, -0.05) is 0 Å². The van der Waals surface area contributed by atoms with E-state index in [2.05, 4.69) is 25.3 Å². The summed E-state index contributed by atoms with van der Waals surface area (Å²) in [5, 5.41) is 7.24. The summed E-state index contributed by atoms with van der Waals surface area (Å²) in [7, 11) is 3.60. The van der Waals surface area contributed by atoms with Gasteiger partial charge in [0, 0.05) is 50.3 Å². The lowest BCUT2D eigenvalue weighted by Gasteiger charge is -2.25. The van der Waals surface area contributed by atoms with Gasteiger partial charge in [-0.2, -0.15) is 5.10 Å². The Balaban J connectivity index is 1.63. The maximum Gasteiger partial charge on any atom is 0.224 e. The van der Waals surface area contributed by atoms with Crippen molar-refractivity contribution in [1.29, 1.82) is 0 Å². The van der Waals surface area contributed by atoms with Crippen LogP contribution in [0.4, 0.5) is 5.82 Å². The number of anilines is 1. The van der Waals surface area contributed by atoms with E-state index < -0.39 is 0 Å². The lowest BCUT2D eigenvalue weighted by molar-refractivity contribution is -0.120. The minimum Gasteiger partial charge on any atom is -0.380 e. The van der Waals surface area contributed by atoms with Crippen LogP contribution in [-0.2, 0) is 23.0 Å². The van der Waals surface area contributed by atoms with Crippen LogP contribution in [-0.4, -0.2) is 58.0 Å². The van der Waals surface area contributed by atoms with Crippen molar-refractivity contribution >= 4 is 11.7 Å². The second-order valence-corrected chi connectivity index (χ2v) is 6.78. The molecule has 3 rings (SSSR count). The van der Waals surface area contributed by atoms with Gasteiger partial charge in [0.05, 0.1) is 24.8 Å². The van der Waals surface area contributed by atoms with Gasteiger partial charge in [-0.25, -0.2) is 9.97 Å². The molecular weight excluding hydrogens is 332 g/mol. The summed E-state index contributed by atoms with van der Waals surface area (Å²) in [4.78, 5) is 23.1. The highest BCUT2D eigenvalue weighted by molar-refractivity contribution is 5.78. The van der Waals surface area contributed by atoms with Crippen molar-refractivity contribution in [2.24, 2.45) is 7.05 Å². The number of hydrogen-bond donors (Lipinski definition) is 1. The molecule has 3 heterocycles. The van der Waals surface area contributed by atoms with E-state index >= 15 is 0 Å². The van der Waals surface area contributed by atoms with Gasteiger partial charge >= 0.3 is 0 Å². The van der Waals surface area contributed by atoms with Crippen LogP contribution >= 0.6 is 0 Å². The Labute approximate surface area is 153 Å². The SMILES string of the molecule is CO[C@H]1C[C@@H](CNC(=O)Cc2cnn(C)c2C)N(c2cc(C)ncn2)C1. The van der Waals surface area contributed by atoms with Crippen LogP contribution in [0.1, 0.15) is 23.4 Å². The number of rotatable bonds is 6. The number of nitrogens with zero attached hydrogens (tertiary/aromatic N) is 5. The average molecular weight is 358 g/mol. The Bertz CT molecular complexity index is 775. The standard InChI is InChI=1S/C18H26N6O2/c1-12-5-17(21-11-20-12)24-10-16(26-4)7-15(24)9-19-18(25)6-14-8-22-23(3)13(14)2/h5,8,11,15-16H,6-7,9-10H2,1-4H3,(H,19,25)/t15-,16-/m0/s1. The first kappa shape index (κ1) is 18.3. The largest absolute Gasteiger partial charge is 0.380 e. The Morgan fingerprint density at radius 1 is 1.38 bits per heavy atom. The number of hydrogen-bond acceptors (Lipinski definition) is 6. The van der Waals surface area contributed by atoms with E-state index in [-0.39, 0.29) is 18.1 Å². The number of nitrogens with one attached hydrogen (secondary N) is 1. The topological polar surface area (TPSA) is 85.2 Å². The van der Waals surface area contributed by atoms with Crippen molar-refractivity contribution in [3.05, 3.63) is 35.5 Å². The van der Waals surface area contributed by atoms with Crippen LogP contribution in [0, 0.1) is 13.8 Å². The monoisotopic (exact) mass is 358 g/mol. The Morgan fingerprint density at radius 3 is 2.85 bits per heavy atom. The summed E-state index contributed by atoms with van der Waals surface area (Å²) < 4.78 is 7.32. The van der Waals surface area contributed by atoms with Crippen LogP contribution in [0.3, 0.4) is 0 Å². The quantitative estimate of drug-likeness (QED) is 0.821. The van der Waals surface area contributed by atoms with Crippen LogP contribution < -0.4 is 10.2 Å². The van der Waals surface area contributed by atoms with E-state index in [1.807, 2.05) is 27.0 Å². The third kappa shape index (κ3) is 4.01. The lowest BCUT2D eigenvalue weighted by Crippen LogP contribution is -2.41. The molecule has 0 saturated carbocycles.